The molecule has 0 rings (SSSR count). The Balaban J connectivity index is 2.97. The minimum Gasteiger partial charge on any atom is -0.251 e. The quantitative estimate of drug-likeness (QED) is 0.418. The predicted molar refractivity (Wildman–Crippen MR) is 44.4 cm³/mol. The molecule has 1 unspecified atom stereocenters. The molecule has 0 saturated carbocycles. The van der Waals surface area contributed by atoms with E-state index in [4.69, 9.17) is 11.6 Å². The Morgan fingerprint density at radius 3 is 2.50 bits per heavy atom. The highest BCUT2D eigenvalue weighted by molar-refractivity contribution is 6.20. The van der Waals surface area contributed by atoms with Crippen LogP contribution < -0.4 is 0 Å². The van der Waals surface area contributed by atoms with E-state index in [2.05, 4.69) is 6.92 Å². The summed E-state index contributed by atoms with van der Waals surface area (Å²) in [4.78, 5) is 0. The molecule has 0 aliphatic heterocycles. The fourth-order valence-corrected chi connectivity index (χ4v) is 1.29. The summed E-state index contributed by atoms with van der Waals surface area (Å²) in [5, 5.41) is 0.275. The maximum atomic E-state index is 11.6. The van der Waals surface area contributed by atoms with Crippen LogP contribution in [-0.2, 0) is 0 Å². The van der Waals surface area contributed by atoms with Crippen molar-refractivity contribution in [2.24, 2.45) is 0 Å². The van der Waals surface area contributed by atoms with Crippen molar-refractivity contribution in [1.82, 2.24) is 0 Å². The second kappa shape index (κ2) is 7.33. The summed E-state index contributed by atoms with van der Waals surface area (Å²) in [6.45, 7) is 1.92. The smallest absolute Gasteiger partial charge is 0.0894 e. The van der Waals surface area contributed by atoms with Crippen LogP contribution in [0, 0.1) is 0 Å². The summed E-state index contributed by atoms with van der Waals surface area (Å²) < 4.78 is 11.6. The number of hydrogen-bond donors (Lipinski definition) is 0. The lowest BCUT2D eigenvalue weighted by Crippen LogP contribution is -1.97. The van der Waals surface area contributed by atoms with Gasteiger partial charge in [0.15, 0.2) is 0 Å². The van der Waals surface area contributed by atoms with Gasteiger partial charge < -0.3 is 0 Å². The number of alkyl halides is 2. The number of unbranched alkanes of at least 4 members (excludes halogenated alkanes) is 1. The molecule has 62 valence electrons. The average Bonchev–Trinajstić information content (AvgIpc) is 1.89. The Labute approximate surface area is 67.8 Å². The fourth-order valence-electron chi connectivity index (χ4n) is 0.918. The predicted octanol–water partition coefficient (Wildman–Crippen LogP) is 3.53. The van der Waals surface area contributed by atoms with Crippen molar-refractivity contribution in [2.75, 3.05) is 6.67 Å². The molecule has 1 atom stereocenters. The molecule has 0 saturated heterocycles. The Morgan fingerprint density at radius 2 is 2.00 bits per heavy atom. The molecule has 10 heavy (non-hydrogen) atoms. The lowest BCUT2D eigenvalue weighted by atomic mass is 10.1. The molecule has 0 aromatic rings. The van der Waals surface area contributed by atoms with Crippen molar-refractivity contribution in [1.29, 1.82) is 0 Å². The van der Waals surface area contributed by atoms with Crippen LogP contribution in [0.15, 0.2) is 0 Å². The van der Waals surface area contributed by atoms with Gasteiger partial charge in [-0.1, -0.05) is 13.3 Å². The fraction of sp³-hybridized carbons (Fsp3) is 1.00. The third-order valence-electron chi connectivity index (χ3n) is 1.50. The van der Waals surface area contributed by atoms with E-state index in [0.717, 1.165) is 25.7 Å². The standard InChI is InChI=1S/C8H16ClF/c1-2-5-8(9)6-3-4-7-10/h8H,2-7H2,1H3. The molecule has 0 radical (unpaired) electrons. The lowest BCUT2D eigenvalue weighted by Gasteiger charge is -2.05. The third-order valence-corrected chi connectivity index (χ3v) is 1.94. The van der Waals surface area contributed by atoms with Gasteiger partial charge in [0.25, 0.3) is 0 Å². The van der Waals surface area contributed by atoms with E-state index in [1.165, 1.54) is 0 Å². The molecule has 0 aliphatic rings. The monoisotopic (exact) mass is 166 g/mol. The molecular weight excluding hydrogens is 151 g/mol. The summed E-state index contributed by atoms with van der Waals surface area (Å²) in [6.07, 6.45) is 4.77. The maximum Gasteiger partial charge on any atom is 0.0894 e. The molecule has 2 heteroatoms. The van der Waals surface area contributed by atoms with Crippen molar-refractivity contribution in [3.8, 4) is 0 Å². The van der Waals surface area contributed by atoms with Crippen molar-refractivity contribution < 1.29 is 4.39 Å². The maximum absolute atomic E-state index is 11.6. The summed E-state index contributed by atoms with van der Waals surface area (Å²) in [5.74, 6) is 0. The largest absolute Gasteiger partial charge is 0.251 e. The van der Waals surface area contributed by atoms with E-state index in [1.54, 1.807) is 0 Å². The molecule has 0 nitrogen and oxygen atoms in total. The molecule has 0 aliphatic carbocycles. The van der Waals surface area contributed by atoms with Gasteiger partial charge in [-0.2, -0.15) is 0 Å². The summed E-state index contributed by atoms with van der Waals surface area (Å²) in [5.41, 5.74) is 0. The van der Waals surface area contributed by atoms with Gasteiger partial charge in [0, 0.05) is 5.38 Å². The van der Waals surface area contributed by atoms with Gasteiger partial charge in [-0.25, -0.2) is 0 Å². The molecule has 0 amide bonds. The van der Waals surface area contributed by atoms with Crippen LogP contribution in [-0.4, -0.2) is 12.1 Å². The van der Waals surface area contributed by atoms with E-state index >= 15 is 0 Å². The van der Waals surface area contributed by atoms with Crippen molar-refractivity contribution >= 4 is 11.6 Å². The highest BCUT2D eigenvalue weighted by atomic mass is 35.5. The highest BCUT2D eigenvalue weighted by Crippen LogP contribution is 2.12. The van der Waals surface area contributed by atoms with Gasteiger partial charge >= 0.3 is 0 Å². The second-order valence-electron chi connectivity index (χ2n) is 2.57. The third kappa shape index (κ3) is 6.34. The first kappa shape index (κ1) is 10.2. The minimum atomic E-state index is -0.199. The zero-order valence-electron chi connectivity index (χ0n) is 6.58. The zero-order chi connectivity index (χ0) is 7.82. The zero-order valence-corrected chi connectivity index (χ0v) is 7.33. The second-order valence-corrected chi connectivity index (χ2v) is 3.19. The minimum absolute atomic E-state index is 0.199. The Bertz CT molecular complexity index is 66.3. The molecular formula is C8H16ClF. The van der Waals surface area contributed by atoms with E-state index in [-0.39, 0.29) is 12.1 Å². The Kier molecular flexibility index (Phi) is 7.49. The van der Waals surface area contributed by atoms with E-state index < -0.39 is 0 Å². The average molecular weight is 167 g/mol. The lowest BCUT2D eigenvalue weighted by molar-refractivity contribution is 0.452. The first-order chi connectivity index (χ1) is 4.81. The Morgan fingerprint density at radius 1 is 1.30 bits per heavy atom. The summed E-state index contributed by atoms with van der Waals surface area (Å²) in [7, 11) is 0. The first-order valence-corrected chi connectivity index (χ1v) is 4.45. The summed E-state index contributed by atoms with van der Waals surface area (Å²) in [6, 6.07) is 0. The van der Waals surface area contributed by atoms with Crippen LogP contribution in [0.25, 0.3) is 0 Å². The van der Waals surface area contributed by atoms with Crippen LogP contribution in [0.5, 0.6) is 0 Å². The highest BCUT2D eigenvalue weighted by Gasteiger charge is 2.01. The summed E-state index contributed by atoms with van der Waals surface area (Å²) >= 11 is 5.89. The van der Waals surface area contributed by atoms with Crippen LogP contribution in [0.3, 0.4) is 0 Å². The van der Waals surface area contributed by atoms with Crippen LogP contribution in [0.1, 0.15) is 39.0 Å². The van der Waals surface area contributed by atoms with Gasteiger partial charge in [0.2, 0.25) is 0 Å². The SMILES string of the molecule is CCCC(Cl)CCCCF. The molecule has 0 fully saturated rings. The number of rotatable bonds is 6. The van der Waals surface area contributed by atoms with E-state index in [9.17, 15) is 4.39 Å². The molecule has 0 bridgehead atoms. The molecule has 0 spiro atoms. The molecule has 0 aromatic heterocycles. The first-order valence-electron chi connectivity index (χ1n) is 4.01. The van der Waals surface area contributed by atoms with Gasteiger partial charge in [-0.3, -0.25) is 4.39 Å². The van der Waals surface area contributed by atoms with Gasteiger partial charge in [-0.15, -0.1) is 11.6 Å². The van der Waals surface area contributed by atoms with E-state index in [0.29, 0.717) is 6.42 Å². The Hall–Kier alpha value is 0.220. The van der Waals surface area contributed by atoms with E-state index in [1.807, 2.05) is 0 Å². The number of hydrogen-bond acceptors (Lipinski definition) is 0. The van der Waals surface area contributed by atoms with Crippen LogP contribution in [0.4, 0.5) is 4.39 Å². The van der Waals surface area contributed by atoms with Gasteiger partial charge in [0.05, 0.1) is 6.67 Å². The van der Waals surface area contributed by atoms with Crippen LogP contribution in [0.2, 0.25) is 0 Å². The molecule has 0 heterocycles. The van der Waals surface area contributed by atoms with Gasteiger partial charge in [-0.05, 0) is 25.7 Å². The van der Waals surface area contributed by atoms with Crippen LogP contribution >= 0.6 is 11.6 Å². The topological polar surface area (TPSA) is 0 Å². The normalized spacial score (nSPS) is 13.5. The van der Waals surface area contributed by atoms with Crippen molar-refractivity contribution in [2.45, 2.75) is 44.4 Å². The number of halogens is 2. The molecule has 0 aromatic carbocycles. The van der Waals surface area contributed by atoms with Crippen molar-refractivity contribution in [3.63, 3.8) is 0 Å². The van der Waals surface area contributed by atoms with Crippen molar-refractivity contribution in [3.05, 3.63) is 0 Å². The molecule has 0 N–H and O–H groups in total. The van der Waals surface area contributed by atoms with Gasteiger partial charge in [0.1, 0.15) is 0 Å².